The number of benzene rings is 1. The lowest BCUT2D eigenvalue weighted by molar-refractivity contribution is 0.0383. The molecule has 1 aromatic heterocycles. The van der Waals surface area contributed by atoms with Crippen LogP contribution >= 0.6 is 0 Å². The molecule has 3 heterocycles. The molecule has 0 saturated carbocycles. The van der Waals surface area contributed by atoms with Gasteiger partial charge < -0.3 is 9.64 Å². The molecule has 0 aliphatic carbocycles. The molecule has 0 spiro atoms. The third-order valence-corrected chi connectivity index (χ3v) is 3.94. The Labute approximate surface area is 126 Å². The number of carbonyl (C=O) groups is 1. The fraction of sp³-hybridized carbons (Fsp3) is 0.400. The van der Waals surface area contributed by atoms with Crippen LogP contribution in [0.4, 0.5) is 4.39 Å². The van der Waals surface area contributed by atoms with Crippen LogP contribution < -0.4 is 0 Å². The summed E-state index contributed by atoms with van der Waals surface area (Å²) in [5.74, 6) is 0.425. The highest BCUT2D eigenvalue weighted by molar-refractivity contribution is 5.91. The molecule has 0 radical (unpaired) electrons. The predicted octanol–water partition coefficient (Wildman–Crippen LogP) is 1.19. The van der Waals surface area contributed by atoms with E-state index in [0.717, 1.165) is 5.56 Å². The van der Waals surface area contributed by atoms with Crippen LogP contribution in [0.5, 0.6) is 0 Å². The number of amides is 1. The average Bonchev–Trinajstić information content (AvgIpc) is 2.96. The van der Waals surface area contributed by atoms with Crippen LogP contribution in [0.2, 0.25) is 0 Å². The van der Waals surface area contributed by atoms with Gasteiger partial charge in [0.15, 0.2) is 5.82 Å². The van der Waals surface area contributed by atoms with Gasteiger partial charge in [0, 0.05) is 0 Å². The monoisotopic (exact) mass is 302 g/mol. The van der Waals surface area contributed by atoms with Gasteiger partial charge in [0.25, 0.3) is 5.91 Å². The van der Waals surface area contributed by atoms with Crippen molar-refractivity contribution in [2.45, 2.75) is 18.8 Å². The van der Waals surface area contributed by atoms with Gasteiger partial charge >= 0.3 is 0 Å². The summed E-state index contributed by atoms with van der Waals surface area (Å²) in [6, 6.07) is 9.71. The summed E-state index contributed by atoms with van der Waals surface area (Å²) in [7, 11) is 0. The minimum Gasteiger partial charge on any atom is -0.364 e. The highest BCUT2D eigenvalue weighted by Gasteiger charge is 2.35. The van der Waals surface area contributed by atoms with Crippen molar-refractivity contribution in [1.82, 2.24) is 19.7 Å². The summed E-state index contributed by atoms with van der Waals surface area (Å²) in [6.07, 6.45) is -1.25. The smallest absolute Gasteiger partial charge is 0.293 e. The Kier molecular flexibility index (Phi) is 3.15. The molecule has 1 fully saturated rings. The first-order valence-corrected chi connectivity index (χ1v) is 7.27. The SMILES string of the molecule is O=C(c1nc2n(n1)CCOC2c1ccccc1)N1CC(F)C1. The molecule has 2 aliphatic heterocycles. The molecule has 1 atom stereocenters. The van der Waals surface area contributed by atoms with E-state index in [0.29, 0.717) is 19.0 Å². The van der Waals surface area contributed by atoms with E-state index >= 15 is 0 Å². The number of rotatable bonds is 2. The van der Waals surface area contributed by atoms with Gasteiger partial charge in [0.2, 0.25) is 5.82 Å². The molecule has 4 rings (SSSR count). The van der Waals surface area contributed by atoms with E-state index in [9.17, 15) is 9.18 Å². The molecule has 1 saturated heterocycles. The summed E-state index contributed by atoms with van der Waals surface area (Å²) >= 11 is 0. The Bertz CT molecular complexity index is 697. The van der Waals surface area contributed by atoms with Gasteiger partial charge in [-0.25, -0.2) is 14.1 Å². The molecule has 1 aromatic carbocycles. The van der Waals surface area contributed by atoms with Crippen molar-refractivity contribution in [3.8, 4) is 0 Å². The summed E-state index contributed by atoms with van der Waals surface area (Å²) in [5, 5.41) is 4.27. The number of likely N-dealkylation sites (tertiary alicyclic amines) is 1. The zero-order valence-corrected chi connectivity index (χ0v) is 11.9. The largest absolute Gasteiger partial charge is 0.364 e. The number of hydrogen-bond acceptors (Lipinski definition) is 4. The zero-order chi connectivity index (χ0) is 15.1. The van der Waals surface area contributed by atoms with E-state index in [4.69, 9.17) is 4.74 Å². The molecule has 1 amide bonds. The van der Waals surface area contributed by atoms with Crippen molar-refractivity contribution in [3.63, 3.8) is 0 Å². The number of nitrogens with zero attached hydrogens (tertiary/aromatic N) is 4. The van der Waals surface area contributed by atoms with E-state index < -0.39 is 6.17 Å². The Morgan fingerprint density at radius 3 is 2.77 bits per heavy atom. The second-order valence-electron chi connectivity index (χ2n) is 5.49. The number of alkyl halides is 1. The Hall–Kier alpha value is -2.28. The van der Waals surface area contributed by atoms with Crippen molar-refractivity contribution in [3.05, 3.63) is 47.5 Å². The average molecular weight is 302 g/mol. The van der Waals surface area contributed by atoms with Gasteiger partial charge in [0.1, 0.15) is 12.3 Å². The normalized spacial score (nSPS) is 21.3. The lowest BCUT2D eigenvalue weighted by Crippen LogP contribution is -2.51. The fourth-order valence-electron chi connectivity index (χ4n) is 2.74. The maximum absolute atomic E-state index is 12.9. The van der Waals surface area contributed by atoms with Crippen molar-refractivity contribution in [2.24, 2.45) is 0 Å². The van der Waals surface area contributed by atoms with Crippen LogP contribution in [-0.2, 0) is 11.3 Å². The van der Waals surface area contributed by atoms with E-state index in [1.165, 1.54) is 4.90 Å². The predicted molar refractivity (Wildman–Crippen MR) is 75.1 cm³/mol. The molecule has 2 aliphatic rings. The highest BCUT2D eigenvalue weighted by Crippen LogP contribution is 2.28. The van der Waals surface area contributed by atoms with Crippen LogP contribution in [0.25, 0.3) is 0 Å². The topological polar surface area (TPSA) is 60.3 Å². The maximum atomic E-state index is 12.9. The molecule has 2 aromatic rings. The first-order valence-electron chi connectivity index (χ1n) is 7.27. The van der Waals surface area contributed by atoms with E-state index in [1.54, 1.807) is 4.68 Å². The van der Waals surface area contributed by atoms with E-state index in [2.05, 4.69) is 10.1 Å². The number of fused-ring (bicyclic) bond motifs is 1. The highest BCUT2D eigenvalue weighted by atomic mass is 19.1. The number of aromatic nitrogens is 3. The Morgan fingerprint density at radius 1 is 1.27 bits per heavy atom. The molecule has 6 nitrogen and oxygen atoms in total. The van der Waals surface area contributed by atoms with Crippen LogP contribution in [0.15, 0.2) is 30.3 Å². The van der Waals surface area contributed by atoms with Crippen LogP contribution in [0, 0.1) is 0 Å². The molecule has 22 heavy (non-hydrogen) atoms. The number of hydrogen-bond donors (Lipinski definition) is 0. The van der Waals surface area contributed by atoms with E-state index in [-0.39, 0.29) is 30.9 Å². The number of carbonyl (C=O) groups excluding carboxylic acids is 1. The second kappa shape index (κ2) is 5.17. The maximum Gasteiger partial charge on any atom is 0.293 e. The molecular formula is C15H15FN4O2. The first-order chi connectivity index (χ1) is 10.7. The molecule has 0 N–H and O–H groups in total. The van der Waals surface area contributed by atoms with Crippen molar-refractivity contribution in [1.29, 1.82) is 0 Å². The standard InChI is InChI=1S/C15H15FN4O2/c16-11-8-19(9-11)15(21)13-17-14-12(10-4-2-1-3-5-10)22-7-6-20(14)18-13/h1-5,11-12H,6-9H2. The summed E-state index contributed by atoms with van der Waals surface area (Å²) < 4.78 is 20.4. The van der Waals surface area contributed by atoms with Crippen LogP contribution in [-0.4, -0.2) is 51.4 Å². The molecule has 114 valence electrons. The van der Waals surface area contributed by atoms with Crippen molar-refractivity contribution < 1.29 is 13.9 Å². The number of halogens is 1. The molecule has 7 heteroatoms. The summed E-state index contributed by atoms with van der Waals surface area (Å²) in [5.41, 5.74) is 0.975. The van der Waals surface area contributed by atoms with Gasteiger partial charge in [-0.2, -0.15) is 0 Å². The summed E-state index contributed by atoms with van der Waals surface area (Å²) in [6.45, 7) is 1.33. The first kappa shape index (κ1) is 13.4. The minimum atomic E-state index is -0.929. The zero-order valence-electron chi connectivity index (χ0n) is 11.9. The van der Waals surface area contributed by atoms with Gasteiger partial charge in [-0.15, -0.1) is 5.10 Å². The minimum absolute atomic E-state index is 0.119. The quantitative estimate of drug-likeness (QED) is 0.836. The van der Waals surface area contributed by atoms with Crippen molar-refractivity contribution >= 4 is 5.91 Å². The van der Waals surface area contributed by atoms with Gasteiger partial charge in [-0.3, -0.25) is 4.79 Å². The lowest BCUT2D eigenvalue weighted by Gasteiger charge is -2.33. The van der Waals surface area contributed by atoms with Gasteiger partial charge in [-0.1, -0.05) is 30.3 Å². The summed E-state index contributed by atoms with van der Waals surface area (Å²) in [4.78, 5) is 18.0. The van der Waals surface area contributed by atoms with Gasteiger partial charge in [0.05, 0.1) is 26.2 Å². The van der Waals surface area contributed by atoms with Gasteiger partial charge in [-0.05, 0) is 5.56 Å². The number of ether oxygens (including phenoxy) is 1. The third kappa shape index (κ3) is 2.18. The Balaban J connectivity index is 1.64. The Morgan fingerprint density at radius 2 is 2.05 bits per heavy atom. The fourth-order valence-corrected chi connectivity index (χ4v) is 2.74. The van der Waals surface area contributed by atoms with Crippen LogP contribution in [0.1, 0.15) is 28.1 Å². The van der Waals surface area contributed by atoms with Crippen LogP contribution in [0.3, 0.4) is 0 Å². The third-order valence-electron chi connectivity index (χ3n) is 3.94. The second-order valence-corrected chi connectivity index (χ2v) is 5.49. The molecule has 1 unspecified atom stereocenters. The lowest BCUT2D eigenvalue weighted by atomic mass is 10.1. The van der Waals surface area contributed by atoms with Crippen molar-refractivity contribution in [2.75, 3.05) is 19.7 Å². The molecular weight excluding hydrogens is 287 g/mol. The van der Waals surface area contributed by atoms with E-state index in [1.807, 2.05) is 30.3 Å². The molecule has 0 bridgehead atoms.